The van der Waals surface area contributed by atoms with Gasteiger partial charge in [0.2, 0.25) is 0 Å². The number of hydrogen-bond acceptors (Lipinski definition) is 12. The topological polar surface area (TPSA) is 143 Å². The molecule has 0 saturated carbocycles. The van der Waals surface area contributed by atoms with Gasteiger partial charge in [-0.05, 0) is 69.1 Å². The average molecular weight is 1250 g/mol. The number of thiophene rings is 1. The fourth-order valence-electron chi connectivity index (χ4n) is 14.0. The summed E-state index contributed by atoms with van der Waals surface area (Å²) >= 11 is 1.80. The van der Waals surface area contributed by atoms with E-state index in [0.29, 0.717) is 51.7 Å². The second-order valence-corrected chi connectivity index (χ2v) is 25.1. The largest absolute Gasteiger partial charge is 0.456 e. The lowest BCUT2D eigenvalue weighted by atomic mass is 9.93. The number of fused-ring (bicyclic) bond motifs is 15. The molecule has 0 bridgehead atoms. The Morgan fingerprint density at radius 1 is 0.260 bits per heavy atom. The summed E-state index contributed by atoms with van der Waals surface area (Å²) in [6.07, 6.45) is 5.70. The number of rotatable bonds is 9. The van der Waals surface area contributed by atoms with Crippen LogP contribution in [-0.4, -0.2) is 39.9 Å². The standard InChI is InChI=1S/C84H46N8O3S/c1-4-18-49(19-5-1)79-87-80(50-20-6-2-7-21-50)91-84(90-79)61-30-16-32-68-73(61)65-45-85-44-63(76(65)94-68)57-39-38-56(77-75(57)62-41-53-24-10-11-25-54(53)42-69(62)95-77)48-33-35-52(36-34-48)82-88-81(51-22-8-3-9-23-51)89-83(92-82)60-29-15-31-67-72(60)64-46-86-66(43-70(64)93-67)58-27-14-28-59-74-55-26-13-12-17-47(55)37-40-71(74)96-78(58)59/h1-46H. The van der Waals surface area contributed by atoms with Crippen molar-refractivity contribution in [3.8, 4) is 102 Å². The van der Waals surface area contributed by atoms with Crippen LogP contribution in [0.1, 0.15) is 0 Å². The molecule has 0 amide bonds. The second kappa shape index (κ2) is 21.3. The van der Waals surface area contributed by atoms with Crippen LogP contribution in [0.4, 0.5) is 0 Å². The molecule has 0 fully saturated rings. The van der Waals surface area contributed by atoms with E-state index in [-0.39, 0.29) is 0 Å². The number of hydrogen-bond donors (Lipinski definition) is 0. The zero-order valence-corrected chi connectivity index (χ0v) is 51.6. The molecule has 11 nitrogen and oxygen atoms in total. The Balaban J connectivity index is 0.702. The van der Waals surface area contributed by atoms with Crippen molar-refractivity contribution in [1.29, 1.82) is 0 Å². The van der Waals surface area contributed by atoms with E-state index in [1.54, 1.807) is 11.3 Å². The van der Waals surface area contributed by atoms with Gasteiger partial charge in [0.05, 0.1) is 5.69 Å². The maximum absolute atomic E-state index is 7.11. The molecule has 0 radical (unpaired) electrons. The predicted molar refractivity (Wildman–Crippen MR) is 387 cm³/mol. The maximum atomic E-state index is 7.11. The van der Waals surface area contributed by atoms with Crippen LogP contribution in [0.2, 0.25) is 0 Å². The first kappa shape index (κ1) is 53.7. The number of pyridine rings is 2. The van der Waals surface area contributed by atoms with Crippen molar-refractivity contribution in [2.24, 2.45) is 0 Å². The van der Waals surface area contributed by atoms with Gasteiger partial charge in [0, 0.05) is 127 Å². The summed E-state index contributed by atoms with van der Waals surface area (Å²) in [6.45, 7) is 0. The van der Waals surface area contributed by atoms with E-state index in [4.69, 9.17) is 53.1 Å². The van der Waals surface area contributed by atoms with Gasteiger partial charge in [0.1, 0.15) is 33.5 Å². The van der Waals surface area contributed by atoms with Gasteiger partial charge in [-0.2, -0.15) is 0 Å². The summed E-state index contributed by atoms with van der Waals surface area (Å²) < 4.78 is 23.3. The monoisotopic (exact) mass is 1250 g/mol. The highest BCUT2D eigenvalue weighted by Gasteiger charge is 2.26. The minimum atomic E-state index is 0.514. The van der Waals surface area contributed by atoms with Crippen LogP contribution >= 0.6 is 11.3 Å². The van der Waals surface area contributed by atoms with Gasteiger partial charge in [0.15, 0.2) is 34.9 Å². The molecule has 8 heterocycles. The summed E-state index contributed by atoms with van der Waals surface area (Å²) in [7, 11) is 0. The van der Waals surface area contributed by atoms with E-state index >= 15 is 0 Å². The molecule has 96 heavy (non-hydrogen) atoms. The Hall–Kier alpha value is -12.9. The molecular weight excluding hydrogens is 1200 g/mol. The van der Waals surface area contributed by atoms with Crippen LogP contribution < -0.4 is 0 Å². The highest BCUT2D eigenvalue weighted by molar-refractivity contribution is 7.26. The Kier molecular flexibility index (Phi) is 11.9. The van der Waals surface area contributed by atoms with Crippen molar-refractivity contribution >= 4 is 119 Å². The first-order valence-corrected chi connectivity index (χ1v) is 32.5. The summed E-state index contributed by atoms with van der Waals surface area (Å²) in [5, 5.41) is 12.5. The quantitative estimate of drug-likeness (QED) is 0.136. The summed E-state index contributed by atoms with van der Waals surface area (Å²) in [5.74, 6) is 3.26. The molecule has 0 aliphatic heterocycles. The molecule has 446 valence electrons. The zero-order chi connectivity index (χ0) is 63.0. The van der Waals surface area contributed by atoms with Gasteiger partial charge < -0.3 is 13.3 Å². The summed E-state index contributed by atoms with van der Waals surface area (Å²) in [4.78, 5) is 41.1. The van der Waals surface area contributed by atoms with Crippen LogP contribution in [0.5, 0.6) is 0 Å². The first-order valence-electron chi connectivity index (χ1n) is 31.7. The zero-order valence-electron chi connectivity index (χ0n) is 50.8. The van der Waals surface area contributed by atoms with E-state index in [9.17, 15) is 0 Å². The Morgan fingerprint density at radius 3 is 1.46 bits per heavy atom. The van der Waals surface area contributed by atoms with Crippen molar-refractivity contribution in [2.45, 2.75) is 0 Å². The SMILES string of the molecule is c1ccc(-c2nc(-c3ccc(-c4ccc(-c5cncc6c5oc5cccc(-c7nc(-c8ccccc8)nc(-c8ccccc8)n7)c56)c5c4oc4cc6ccccc6cc45)cc3)nc(-c3cccc4oc5cc(-c6cccc7c6sc6ccc8ccccc8c67)ncc5c34)n2)cc1. The molecule has 20 aromatic rings. The van der Waals surface area contributed by atoms with E-state index in [1.807, 2.05) is 140 Å². The summed E-state index contributed by atoms with van der Waals surface area (Å²) in [6, 6.07) is 89.2. The minimum absolute atomic E-state index is 0.514. The van der Waals surface area contributed by atoms with Crippen LogP contribution in [0.3, 0.4) is 0 Å². The smallest absolute Gasteiger partial charge is 0.164 e. The van der Waals surface area contributed by atoms with Crippen LogP contribution in [0, 0.1) is 0 Å². The molecule has 0 spiro atoms. The molecular formula is C84H46N8O3S. The van der Waals surface area contributed by atoms with Crippen molar-refractivity contribution in [1.82, 2.24) is 39.9 Å². The third kappa shape index (κ3) is 8.59. The number of furan rings is 3. The van der Waals surface area contributed by atoms with E-state index < -0.39 is 0 Å². The average Bonchev–Trinajstić information content (AvgIpc) is 1.56. The third-order valence-electron chi connectivity index (χ3n) is 18.5. The van der Waals surface area contributed by atoms with Gasteiger partial charge in [-0.25, -0.2) is 29.9 Å². The van der Waals surface area contributed by atoms with Crippen molar-refractivity contribution in [2.75, 3.05) is 0 Å². The third-order valence-corrected chi connectivity index (χ3v) is 19.7. The lowest BCUT2D eigenvalue weighted by Crippen LogP contribution is -2.00. The molecule has 0 atom stereocenters. The maximum Gasteiger partial charge on any atom is 0.164 e. The lowest BCUT2D eigenvalue weighted by Gasteiger charge is -2.11. The molecule has 12 aromatic carbocycles. The van der Waals surface area contributed by atoms with Crippen molar-refractivity contribution in [3.05, 3.63) is 279 Å². The molecule has 8 aromatic heterocycles. The van der Waals surface area contributed by atoms with E-state index in [2.05, 4.69) is 140 Å². The van der Waals surface area contributed by atoms with Gasteiger partial charge in [-0.15, -0.1) is 11.3 Å². The minimum Gasteiger partial charge on any atom is -0.456 e. The Bertz CT molecular complexity index is 6530. The van der Waals surface area contributed by atoms with E-state index in [1.165, 1.54) is 30.9 Å². The highest BCUT2D eigenvalue weighted by atomic mass is 32.1. The van der Waals surface area contributed by atoms with Gasteiger partial charge in [-0.3, -0.25) is 9.97 Å². The van der Waals surface area contributed by atoms with Crippen LogP contribution in [0.25, 0.3) is 209 Å². The van der Waals surface area contributed by atoms with Gasteiger partial charge in [-0.1, -0.05) is 218 Å². The number of aromatic nitrogens is 8. The molecule has 0 aliphatic rings. The van der Waals surface area contributed by atoms with Crippen molar-refractivity contribution < 1.29 is 13.3 Å². The molecule has 0 aliphatic carbocycles. The second-order valence-electron chi connectivity index (χ2n) is 24.1. The van der Waals surface area contributed by atoms with Crippen LogP contribution in [-0.2, 0) is 0 Å². The highest BCUT2D eigenvalue weighted by Crippen LogP contribution is 2.48. The fraction of sp³-hybridized carbons (Fsp3) is 0. The van der Waals surface area contributed by atoms with Gasteiger partial charge in [0.25, 0.3) is 0 Å². The molecule has 0 N–H and O–H groups in total. The Labute approximate surface area is 550 Å². The van der Waals surface area contributed by atoms with Gasteiger partial charge >= 0.3 is 0 Å². The Morgan fingerprint density at radius 2 is 0.781 bits per heavy atom. The fourth-order valence-corrected chi connectivity index (χ4v) is 15.3. The molecule has 0 saturated heterocycles. The van der Waals surface area contributed by atoms with Crippen molar-refractivity contribution in [3.63, 3.8) is 0 Å². The first-order chi connectivity index (χ1) is 47.5. The normalized spacial score (nSPS) is 12.0. The molecule has 20 rings (SSSR count). The summed E-state index contributed by atoms with van der Waals surface area (Å²) in [5.41, 5.74) is 14.9. The van der Waals surface area contributed by atoms with E-state index in [0.717, 1.165) is 127 Å². The predicted octanol–water partition coefficient (Wildman–Crippen LogP) is 22.2. The lowest BCUT2D eigenvalue weighted by molar-refractivity contribution is 0.668. The number of nitrogens with zero attached hydrogens (tertiary/aromatic N) is 8. The number of benzene rings is 12. The molecule has 12 heteroatoms. The molecule has 0 unspecified atom stereocenters. The van der Waals surface area contributed by atoms with Crippen LogP contribution in [0.15, 0.2) is 293 Å².